The third kappa shape index (κ3) is 5.00. The fourth-order valence-corrected chi connectivity index (χ4v) is 4.27. The third-order valence-electron chi connectivity index (χ3n) is 5.77. The highest BCUT2D eigenvalue weighted by Gasteiger charge is 2.58. The highest BCUT2D eigenvalue weighted by atomic mass is 16.6. The number of carbonyl (C=O) groups excluding carboxylic acids is 4. The van der Waals surface area contributed by atoms with Crippen molar-refractivity contribution in [3.05, 3.63) is 0 Å². The normalized spacial score (nSPS) is 29.4. The molecule has 0 radical (unpaired) electrons. The van der Waals surface area contributed by atoms with E-state index in [1.807, 2.05) is 0 Å². The van der Waals surface area contributed by atoms with Crippen LogP contribution in [0.25, 0.3) is 0 Å². The second kappa shape index (κ2) is 8.20. The number of esters is 1. The third-order valence-corrected chi connectivity index (χ3v) is 5.77. The van der Waals surface area contributed by atoms with Crippen molar-refractivity contribution in [1.29, 1.82) is 0 Å². The molecule has 0 aromatic carbocycles. The van der Waals surface area contributed by atoms with E-state index in [1.165, 1.54) is 12.0 Å². The zero-order valence-electron chi connectivity index (χ0n) is 17.5. The lowest BCUT2D eigenvalue weighted by molar-refractivity contribution is -0.146. The Morgan fingerprint density at radius 3 is 2.66 bits per heavy atom. The number of amides is 3. The van der Waals surface area contributed by atoms with Crippen molar-refractivity contribution < 1.29 is 28.7 Å². The fraction of sp³-hybridized carbons (Fsp3) is 0.800. The number of nitrogens with one attached hydrogen (secondary N) is 2. The first kappa shape index (κ1) is 21.4. The number of nitrogens with zero attached hydrogens (tertiary/aromatic N) is 1. The first-order chi connectivity index (χ1) is 13.6. The largest absolute Gasteiger partial charge is 0.467 e. The summed E-state index contributed by atoms with van der Waals surface area (Å²) < 4.78 is 10.3. The highest BCUT2D eigenvalue weighted by Crippen LogP contribution is 2.50. The molecular formula is C20H31N3O6. The summed E-state index contributed by atoms with van der Waals surface area (Å²) in [6, 6.07) is -1.60. The number of fused-ring (bicyclic) bond motifs is 1. The van der Waals surface area contributed by atoms with Crippen molar-refractivity contribution in [3.8, 4) is 0 Å². The Kier molecular flexibility index (Phi) is 6.05. The molecule has 5 atom stereocenters. The Hall–Kier alpha value is -2.32. The number of piperidine rings is 2. The molecule has 0 aromatic rings. The summed E-state index contributed by atoms with van der Waals surface area (Å²) in [6.45, 7) is 6.43. The van der Waals surface area contributed by atoms with Crippen molar-refractivity contribution in [1.82, 2.24) is 15.5 Å². The lowest BCUT2D eigenvalue weighted by atomic mass is 9.91. The van der Waals surface area contributed by atoms with Crippen molar-refractivity contribution >= 4 is 23.9 Å². The van der Waals surface area contributed by atoms with Crippen LogP contribution in [-0.4, -0.2) is 66.7 Å². The molecule has 162 valence electrons. The van der Waals surface area contributed by atoms with Gasteiger partial charge in [-0.3, -0.25) is 14.5 Å². The van der Waals surface area contributed by atoms with Gasteiger partial charge in [0.2, 0.25) is 11.8 Å². The van der Waals surface area contributed by atoms with Gasteiger partial charge in [0, 0.05) is 19.0 Å². The van der Waals surface area contributed by atoms with E-state index in [0.29, 0.717) is 25.4 Å². The molecular weight excluding hydrogens is 378 g/mol. The Labute approximate surface area is 170 Å². The van der Waals surface area contributed by atoms with E-state index >= 15 is 0 Å². The molecule has 2 saturated heterocycles. The first-order valence-electron chi connectivity index (χ1n) is 10.3. The van der Waals surface area contributed by atoms with Crippen molar-refractivity contribution in [2.24, 2.45) is 17.8 Å². The number of likely N-dealkylation sites (tertiary alicyclic amines) is 1. The number of rotatable bonds is 5. The second-order valence-corrected chi connectivity index (χ2v) is 9.19. The maximum absolute atomic E-state index is 13.0. The molecule has 2 aliphatic heterocycles. The second-order valence-electron chi connectivity index (χ2n) is 9.19. The van der Waals surface area contributed by atoms with Gasteiger partial charge < -0.3 is 20.1 Å². The summed E-state index contributed by atoms with van der Waals surface area (Å²) in [6.07, 6.45) is 2.03. The van der Waals surface area contributed by atoms with Gasteiger partial charge in [-0.25, -0.2) is 9.59 Å². The number of ether oxygens (including phenoxy) is 2. The van der Waals surface area contributed by atoms with E-state index < -0.39 is 35.7 Å². The minimum atomic E-state index is -0.931. The summed E-state index contributed by atoms with van der Waals surface area (Å²) in [5.41, 5.74) is -0.659. The van der Waals surface area contributed by atoms with Crippen LogP contribution in [0.3, 0.4) is 0 Å². The van der Waals surface area contributed by atoms with Crippen LogP contribution in [0.2, 0.25) is 0 Å². The maximum atomic E-state index is 13.0. The van der Waals surface area contributed by atoms with Crippen LogP contribution in [0.1, 0.15) is 46.5 Å². The van der Waals surface area contributed by atoms with Crippen LogP contribution in [0.4, 0.5) is 4.79 Å². The fourth-order valence-electron chi connectivity index (χ4n) is 4.27. The summed E-state index contributed by atoms with van der Waals surface area (Å²) in [5.74, 6) is -1.08. The average Bonchev–Trinajstić information content (AvgIpc) is 3.30. The highest BCUT2D eigenvalue weighted by molar-refractivity contribution is 5.91. The molecule has 3 fully saturated rings. The molecule has 1 unspecified atom stereocenters. The molecule has 2 heterocycles. The topological polar surface area (TPSA) is 114 Å². The quantitative estimate of drug-likeness (QED) is 0.650. The van der Waals surface area contributed by atoms with Crippen LogP contribution >= 0.6 is 0 Å². The van der Waals surface area contributed by atoms with Gasteiger partial charge in [-0.15, -0.1) is 0 Å². The molecule has 0 bridgehead atoms. The van der Waals surface area contributed by atoms with Gasteiger partial charge in [-0.05, 0) is 58.3 Å². The average molecular weight is 409 g/mol. The van der Waals surface area contributed by atoms with Gasteiger partial charge in [-0.1, -0.05) is 0 Å². The van der Waals surface area contributed by atoms with Crippen LogP contribution in [0.5, 0.6) is 0 Å². The Morgan fingerprint density at radius 1 is 1.31 bits per heavy atom. The van der Waals surface area contributed by atoms with Crippen LogP contribution in [-0.2, 0) is 23.9 Å². The van der Waals surface area contributed by atoms with Crippen molar-refractivity contribution in [2.75, 3.05) is 20.2 Å². The van der Waals surface area contributed by atoms with E-state index in [9.17, 15) is 19.2 Å². The molecule has 3 amide bonds. The lowest BCUT2D eigenvalue weighted by Crippen LogP contribution is -2.54. The van der Waals surface area contributed by atoms with Crippen molar-refractivity contribution in [2.45, 2.75) is 64.1 Å². The molecule has 2 N–H and O–H groups in total. The molecule has 3 aliphatic rings. The minimum Gasteiger partial charge on any atom is -0.467 e. The Bertz CT molecular complexity index is 688. The van der Waals surface area contributed by atoms with E-state index in [4.69, 9.17) is 9.47 Å². The molecule has 3 rings (SSSR count). The Balaban J connectivity index is 1.68. The number of carbonyl (C=O) groups is 4. The summed E-state index contributed by atoms with van der Waals surface area (Å²) in [7, 11) is 1.25. The van der Waals surface area contributed by atoms with Gasteiger partial charge in [0.1, 0.15) is 17.7 Å². The Morgan fingerprint density at radius 2 is 2.03 bits per heavy atom. The van der Waals surface area contributed by atoms with Crippen molar-refractivity contribution in [3.63, 3.8) is 0 Å². The SMILES string of the molecule is COC(=O)[C@H](C[C@@H]1CCCNC1=O)NC(=O)C1[C@H]2C[C@H]2CN1C(=O)OC(C)(C)C. The molecule has 0 spiro atoms. The number of hydrogen-bond donors (Lipinski definition) is 2. The van der Waals surface area contributed by atoms with Gasteiger partial charge in [0.15, 0.2) is 0 Å². The van der Waals surface area contributed by atoms with Gasteiger partial charge in [0.05, 0.1) is 7.11 Å². The summed E-state index contributed by atoms with van der Waals surface area (Å²) in [5, 5.41) is 5.53. The van der Waals surface area contributed by atoms with E-state index in [-0.39, 0.29) is 24.2 Å². The zero-order valence-corrected chi connectivity index (χ0v) is 17.5. The predicted octanol–water partition coefficient (Wildman–Crippen LogP) is 0.816. The molecule has 0 aromatic heterocycles. The summed E-state index contributed by atoms with van der Waals surface area (Å²) >= 11 is 0. The van der Waals surface area contributed by atoms with E-state index in [2.05, 4.69) is 10.6 Å². The molecule has 9 heteroatoms. The predicted molar refractivity (Wildman–Crippen MR) is 103 cm³/mol. The standard InChI is InChI=1S/C20H31N3O6/c1-20(2,3)29-19(27)23-10-12-8-13(12)15(23)17(25)22-14(18(26)28-4)9-11-6-5-7-21-16(11)24/h11-15H,5-10H2,1-4H3,(H,21,24)(H,22,25)/t11-,12-,13-,14-,15?/m0/s1. The first-order valence-corrected chi connectivity index (χ1v) is 10.3. The lowest BCUT2D eigenvalue weighted by Gasteiger charge is -2.31. The number of methoxy groups -OCH3 is 1. The van der Waals surface area contributed by atoms with E-state index in [1.54, 1.807) is 20.8 Å². The van der Waals surface area contributed by atoms with Gasteiger partial charge >= 0.3 is 12.1 Å². The van der Waals surface area contributed by atoms with Crippen LogP contribution < -0.4 is 10.6 Å². The summed E-state index contributed by atoms with van der Waals surface area (Å²) in [4.78, 5) is 51.4. The smallest absolute Gasteiger partial charge is 0.410 e. The molecule has 1 aliphatic carbocycles. The van der Waals surface area contributed by atoms with Crippen LogP contribution in [0.15, 0.2) is 0 Å². The molecule has 9 nitrogen and oxygen atoms in total. The molecule has 29 heavy (non-hydrogen) atoms. The minimum absolute atomic E-state index is 0.0822. The monoisotopic (exact) mass is 409 g/mol. The van der Waals surface area contributed by atoms with Gasteiger partial charge in [-0.2, -0.15) is 0 Å². The number of hydrogen-bond acceptors (Lipinski definition) is 6. The maximum Gasteiger partial charge on any atom is 0.410 e. The van der Waals surface area contributed by atoms with Crippen LogP contribution in [0, 0.1) is 17.8 Å². The molecule has 1 saturated carbocycles. The van der Waals surface area contributed by atoms with E-state index in [0.717, 1.165) is 12.8 Å². The zero-order chi connectivity index (χ0) is 21.3. The van der Waals surface area contributed by atoms with Gasteiger partial charge in [0.25, 0.3) is 0 Å².